The smallest absolute Gasteiger partial charge is 0.208 e. The van der Waals surface area contributed by atoms with Crippen LogP contribution in [0.2, 0.25) is 0 Å². The van der Waals surface area contributed by atoms with Crippen LogP contribution < -0.4 is 4.72 Å². The van der Waals surface area contributed by atoms with Crippen LogP contribution in [-0.2, 0) is 16.6 Å². The third-order valence-electron chi connectivity index (χ3n) is 4.57. The van der Waals surface area contributed by atoms with Crippen LogP contribution in [0.3, 0.4) is 0 Å². The van der Waals surface area contributed by atoms with E-state index in [1.807, 2.05) is 0 Å². The van der Waals surface area contributed by atoms with E-state index in [0.717, 1.165) is 36.9 Å². The molecule has 0 saturated heterocycles. The molecule has 2 saturated carbocycles. The number of rotatable bonds is 9. The third kappa shape index (κ3) is 4.57. The van der Waals surface area contributed by atoms with Gasteiger partial charge in [0.2, 0.25) is 10.0 Å². The first-order valence-corrected chi connectivity index (χ1v) is 10.1. The van der Waals surface area contributed by atoms with Gasteiger partial charge >= 0.3 is 0 Å². The molecule has 2 fully saturated rings. The number of sulfonamides is 1. The lowest BCUT2D eigenvalue weighted by molar-refractivity contribution is 0.229. The summed E-state index contributed by atoms with van der Waals surface area (Å²) in [5.41, 5.74) is 0. The second kappa shape index (κ2) is 6.34. The van der Waals surface area contributed by atoms with Crippen molar-refractivity contribution in [1.82, 2.24) is 9.62 Å². The third-order valence-corrected chi connectivity index (χ3v) is 5.29. The van der Waals surface area contributed by atoms with E-state index in [4.69, 9.17) is 4.42 Å². The molecule has 0 radical (unpaired) electrons. The lowest BCUT2D eigenvalue weighted by atomic mass is 10.3. The van der Waals surface area contributed by atoms with Crippen LogP contribution in [0, 0.1) is 5.92 Å². The van der Waals surface area contributed by atoms with Crippen molar-refractivity contribution in [3.05, 3.63) is 23.7 Å². The number of nitrogens with one attached hydrogen (secondary N) is 1. The van der Waals surface area contributed by atoms with Gasteiger partial charge in [0.1, 0.15) is 11.5 Å². The predicted molar refractivity (Wildman–Crippen MR) is 86.1 cm³/mol. The standard InChI is InChI=1S/C16H26N2O3S/c1-12-10-15(12)16-7-6-14(21-16)11-18(13-4-5-13)9-3-8-17-22(2,19)20/h6-7,12-13,15,17H,3-5,8-11H2,1-2H3/t12-,15-/m1/s1. The molecule has 1 heterocycles. The van der Waals surface area contributed by atoms with Crippen LogP contribution >= 0.6 is 0 Å². The lowest BCUT2D eigenvalue weighted by Gasteiger charge is -2.20. The van der Waals surface area contributed by atoms with E-state index in [2.05, 4.69) is 28.7 Å². The van der Waals surface area contributed by atoms with Crippen LogP contribution in [0.25, 0.3) is 0 Å². The van der Waals surface area contributed by atoms with Crippen molar-refractivity contribution >= 4 is 10.0 Å². The van der Waals surface area contributed by atoms with Gasteiger partial charge in [-0.25, -0.2) is 13.1 Å². The fraction of sp³-hybridized carbons (Fsp3) is 0.750. The second-order valence-electron chi connectivity index (χ2n) is 6.85. The minimum atomic E-state index is -3.08. The van der Waals surface area contributed by atoms with Gasteiger partial charge in [0.05, 0.1) is 12.8 Å². The Hall–Kier alpha value is -0.850. The molecule has 0 spiro atoms. The highest BCUT2D eigenvalue weighted by atomic mass is 32.2. The van der Waals surface area contributed by atoms with E-state index < -0.39 is 10.0 Å². The summed E-state index contributed by atoms with van der Waals surface area (Å²) < 4.78 is 30.7. The largest absolute Gasteiger partial charge is 0.464 e. The van der Waals surface area contributed by atoms with Crippen LogP contribution in [0.15, 0.2) is 16.5 Å². The molecule has 2 atom stereocenters. The van der Waals surface area contributed by atoms with Crippen LogP contribution in [0.4, 0.5) is 0 Å². The number of hydrogen-bond donors (Lipinski definition) is 1. The molecule has 124 valence electrons. The number of nitrogens with zero attached hydrogens (tertiary/aromatic N) is 1. The molecule has 2 aliphatic rings. The monoisotopic (exact) mass is 326 g/mol. The van der Waals surface area contributed by atoms with Gasteiger partial charge in [0.25, 0.3) is 0 Å². The van der Waals surface area contributed by atoms with Crippen molar-refractivity contribution in [2.75, 3.05) is 19.3 Å². The SMILES string of the molecule is C[C@@H]1C[C@H]1c1ccc(CN(CCCNS(C)(=O)=O)C2CC2)o1. The van der Waals surface area contributed by atoms with Crippen molar-refractivity contribution in [1.29, 1.82) is 0 Å². The van der Waals surface area contributed by atoms with E-state index in [-0.39, 0.29) is 0 Å². The first kappa shape index (κ1) is 16.0. The molecule has 0 bridgehead atoms. The number of hydrogen-bond acceptors (Lipinski definition) is 4. The molecular weight excluding hydrogens is 300 g/mol. The molecule has 2 aliphatic carbocycles. The van der Waals surface area contributed by atoms with Crippen molar-refractivity contribution < 1.29 is 12.8 Å². The van der Waals surface area contributed by atoms with Crippen LogP contribution in [0.1, 0.15) is 50.0 Å². The molecule has 5 nitrogen and oxygen atoms in total. The van der Waals surface area contributed by atoms with Crippen molar-refractivity contribution in [2.24, 2.45) is 5.92 Å². The zero-order valence-electron chi connectivity index (χ0n) is 13.4. The van der Waals surface area contributed by atoms with Crippen molar-refractivity contribution in [3.8, 4) is 0 Å². The van der Waals surface area contributed by atoms with Gasteiger partial charge in [0.15, 0.2) is 0 Å². The molecule has 6 heteroatoms. The van der Waals surface area contributed by atoms with Crippen molar-refractivity contribution in [2.45, 2.75) is 51.1 Å². The quantitative estimate of drug-likeness (QED) is 0.707. The minimum absolute atomic E-state index is 0.505. The summed E-state index contributed by atoms with van der Waals surface area (Å²) in [7, 11) is -3.08. The van der Waals surface area contributed by atoms with Crippen LogP contribution in [0.5, 0.6) is 0 Å². The maximum Gasteiger partial charge on any atom is 0.208 e. The van der Waals surface area contributed by atoms with Crippen LogP contribution in [-0.4, -0.2) is 38.7 Å². The molecule has 1 aromatic rings. The molecule has 1 N–H and O–H groups in total. The Labute approximate surface area is 133 Å². The highest BCUT2D eigenvalue weighted by molar-refractivity contribution is 7.88. The predicted octanol–water partition coefficient (Wildman–Crippen LogP) is 2.31. The van der Waals surface area contributed by atoms with Gasteiger partial charge < -0.3 is 4.42 Å². The summed E-state index contributed by atoms with van der Waals surface area (Å²) in [4.78, 5) is 2.42. The molecule has 1 aromatic heterocycles. The van der Waals surface area contributed by atoms with Gasteiger partial charge in [0, 0.05) is 25.0 Å². The molecule has 0 aliphatic heterocycles. The molecule has 3 rings (SSSR count). The van der Waals surface area contributed by atoms with Gasteiger partial charge in [-0.15, -0.1) is 0 Å². The van der Waals surface area contributed by atoms with E-state index in [9.17, 15) is 8.42 Å². The van der Waals surface area contributed by atoms with E-state index in [1.165, 1.54) is 25.5 Å². The topological polar surface area (TPSA) is 62.6 Å². The average molecular weight is 326 g/mol. The Balaban J connectivity index is 1.48. The maximum absolute atomic E-state index is 11.1. The Morgan fingerprint density at radius 1 is 1.36 bits per heavy atom. The lowest BCUT2D eigenvalue weighted by Crippen LogP contribution is -2.30. The Kier molecular flexibility index (Phi) is 4.61. The highest BCUT2D eigenvalue weighted by Crippen LogP contribution is 2.47. The summed E-state index contributed by atoms with van der Waals surface area (Å²) >= 11 is 0. The Morgan fingerprint density at radius 2 is 2.09 bits per heavy atom. The fourth-order valence-corrected chi connectivity index (χ4v) is 3.48. The summed E-state index contributed by atoms with van der Waals surface area (Å²) in [6.45, 7) is 4.51. The van der Waals surface area contributed by atoms with Gasteiger partial charge in [-0.1, -0.05) is 6.92 Å². The minimum Gasteiger partial charge on any atom is -0.464 e. The summed E-state index contributed by atoms with van der Waals surface area (Å²) in [6.07, 6.45) is 5.77. The normalized spacial score (nSPS) is 24.9. The summed E-state index contributed by atoms with van der Waals surface area (Å²) in [5, 5.41) is 0. The maximum atomic E-state index is 11.1. The first-order chi connectivity index (χ1) is 10.4. The molecular formula is C16H26N2O3S. The fourth-order valence-electron chi connectivity index (χ4n) is 2.97. The molecule has 0 unspecified atom stereocenters. The van der Waals surface area contributed by atoms with E-state index >= 15 is 0 Å². The van der Waals surface area contributed by atoms with Gasteiger partial charge in [-0.05, 0) is 43.7 Å². The van der Waals surface area contributed by atoms with Gasteiger partial charge in [-0.3, -0.25) is 4.90 Å². The highest BCUT2D eigenvalue weighted by Gasteiger charge is 2.37. The summed E-state index contributed by atoms with van der Waals surface area (Å²) in [5.74, 6) is 3.57. The van der Waals surface area contributed by atoms with Gasteiger partial charge in [-0.2, -0.15) is 0 Å². The zero-order valence-corrected chi connectivity index (χ0v) is 14.2. The summed E-state index contributed by atoms with van der Waals surface area (Å²) in [6, 6.07) is 4.87. The average Bonchev–Trinajstić information content (AvgIpc) is 3.34. The molecule has 0 amide bonds. The first-order valence-electron chi connectivity index (χ1n) is 8.19. The molecule has 0 aromatic carbocycles. The van der Waals surface area contributed by atoms with E-state index in [1.54, 1.807) is 0 Å². The number of furan rings is 1. The molecule has 22 heavy (non-hydrogen) atoms. The Morgan fingerprint density at radius 3 is 2.68 bits per heavy atom. The van der Waals surface area contributed by atoms with Crippen molar-refractivity contribution in [3.63, 3.8) is 0 Å². The Bertz CT molecular complexity index is 607. The van der Waals surface area contributed by atoms with E-state index in [0.29, 0.717) is 18.5 Å². The second-order valence-corrected chi connectivity index (χ2v) is 8.68. The zero-order chi connectivity index (χ0) is 15.7.